The van der Waals surface area contributed by atoms with E-state index in [-0.39, 0.29) is 5.91 Å². The number of halogens is 5. The fraction of sp³-hybridized carbons (Fsp3) is 0.542. The molecule has 0 saturated carbocycles. The van der Waals surface area contributed by atoms with E-state index in [2.05, 4.69) is 4.90 Å². The zero-order valence-electron chi connectivity index (χ0n) is 18.5. The van der Waals surface area contributed by atoms with Gasteiger partial charge in [0.05, 0.1) is 10.8 Å². The molecule has 4 nitrogen and oxygen atoms in total. The van der Waals surface area contributed by atoms with Crippen LogP contribution in [0.15, 0.2) is 48.2 Å². The number of likely N-dealkylation sites (tertiary alicyclic amines) is 1. The first-order valence-electron chi connectivity index (χ1n) is 11.2. The van der Waals surface area contributed by atoms with Crippen LogP contribution in [0.25, 0.3) is 0 Å². The molecule has 3 aliphatic rings. The number of alkyl halides is 4. The van der Waals surface area contributed by atoms with Gasteiger partial charge in [-0.3, -0.25) is 9.69 Å². The highest BCUT2D eigenvalue weighted by molar-refractivity contribution is 6.30. The Bertz CT molecular complexity index is 922. The largest absolute Gasteiger partial charge is 0.397 e. The molecule has 2 aliphatic heterocycles. The molecule has 3 unspecified atom stereocenters. The van der Waals surface area contributed by atoms with Gasteiger partial charge in [-0.05, 0) is 55.7 Å². The number of carbonyl (C=O) groups is 1. The first kappa shape index (κ1) is 24.4. The highest BCUT2D eigenvalue weighted by Gasteiger charge is 2.49. The van der Waals surface area contributed by atoms with Crippen LogP contribution in [0.4, 0.5) is 13.2 Å². The third-order valence-electron chi connectivity index (χ3n) is 6.80. The van der Waals surface area contributed by atoms with Crippen LogP contribution >= 0.6 is 23.2 Å². The van der Waals surface area contributed by atoms with Crippen molar-refractivity contribution in [1.29, 1.82) is 0 Å². The number of carbonyl (C=O) groups excluding carboxylic acids is 1. The molecule has 4 rings (SSSR count). The van der Waals surface area contributed by atoms with E-state index in [4.69, 9.17) is 23.2 Å². The van der Waals surface area contributed by atoms with E-state index in [9.17, 15) is 18.0 Å². The molecule has 1 amide bonds. The Morgan fingerprint density at radius 1 is 1.12 bits per heavy atom. The Kier molecular flexibility index (Phi) is 7.04. The molecular weight excluding hydrogens is 474 g/mol. The summed E-state index contributed by atoms with van der Waals surface area (Å²) in [6.07, 6.45) is 1.00. The fourth-order valence-corrected chi connectivity index (χ4v) is 5.24. The van der Waals surface area contributed by atoms with Gasteiger partial charge in [-0.15, -0.1) is 11.6 Å². The highest BCUT2D eigenvalue weighted by Crippen LogP contribution is 2.43. The van der Waals surface area contributed by atoms with Crippen molar-refractivity contribution in [2.24, 2.45) is 11.8 Å². The average molecular weight is 502 g/mol. The third kappa shape index (κ3) is 5.69. The van der Waals surface area contributed by atoms with E-state index in [1.807, 2.05) is 9.80 Å². The van der Waals surface area contributed by atoms with Gasteiger partial charge in [0.25, 0.3) is 5.91 Å². The normalized spacial score (nSPS) is 28.8. The summed E-state index contributed by atoms with van der Waals surface area (Å²) in [6.45, 7) is 6.63. The van der Waals surface area contributed by atoms with Crippen molar-refractivity contribution >= 4 is 29.1 Å². The van der Waals surface area contributed by atoms with Crippen molar-refractivity contribution in [1.82, 2.24) is 14.7 Å². The van der Waals surface area contributed by atoms with E-state index < -0.39 is 17.0 Å². The maximum Gasteiger partial charge on any atom is 0.397 e. The fourth-order valence-electron chi connectivity index (χ4n) is 4.86. The molecule has 1 aromatic carbocycles. The molecule has 33 heavy (non-hydrogen) atoms. The number of amides is 1. The van der Waals surface area contributed by atoms with E-state index in [0.717, 1.165) is 39.1 Å². The second-order valence-corrected chi connectivity index (χ2v) is 10.5. The Morgan fingerprint density at radius 3 is 2.42 bits per heavy atom. The van der Waals surface area contributed by atoms with Crippen LogP contribution in [0.1, 0.15) is 23.7 Å². The summed E-state index contributed by atoms with van der Waals surface area (Å²) in [5.74, 6) is -1.28. The number of piperazine rings is 1. The molecule has 3 atom stereocenters. The van der Waals surface area contributed by atoms with E-state index in [0.29, 0.717) is 35.3 Å². The summed E-state index contributed by atoms with van der Waals surface area (Å²) >= 11 is 12.0. The maximum atomic E-state index is 13.5. The zero-order chi connectivity index (χ0) is 23.8. The van der Waals surface area contributed by atoms with Crippen molar-refractivity contribution in [3.8, 4) is 0 Å². The van der Waals surface area contributed by atoms with Crippen LogP contribution in [-0.4, -0.2) is 77.5 Å². The molecule has 9 heteroatoms. The molecule has 0 radical (unpaired) electrons. The standard InChI is InChI=1S/C24H28Cl2F3N3O/c1-23(26)8-6-20(14-21(23)24(27,28)29)31-12-10-30(11-13-31)15-17-7-9-32(16-17)22(33)18-2-4-19(25)5-3-18/h2-6,8,14,17,21H,7,9-13,15-16H2,1H3. The van der Waals surface area contributed by atoms with Crippen LogP contribution in [0.2, 0.25) is 5.02 Å². The molecule has 0 spiro atoms. The molecule has 1 aromatic rings. The quantitative estimate of drug-likeness (QED) is 0.540. The Morgan fingerprint density at radius 2 is 1.79 bits per heavy atom. The van der Waals surface area contributed by atoms with E-state index >= 15 is 0 Å². The van der Waals surface area contributed by atoms with E-state index in [1.54, 1.807) is 30.3 Å². The minimum absolute atomic E-state index is 0.0283. The molecule has 180 valence electrons. The molecule has 0 N–H and O–H groups in total. The van der Waals surface area contributed by atoms with Crippen molar-refractivity contribution < 1.29 is 18.0 Å². The van der Waals surface area contributed by atoms with Gasteiger partial charge in [0.1, 0.15) is 0 Å². The molecule has 0 aromatic heterocycles. The number of nitrogens with zero attached hydrogens (tertiary/aromatic N) is 3. The number of allylic oxidation sites excluding steroid dienone is 3. The minimum atomic E-state index is -4.38. The van der Waals surface area contributed by atoms with Crippen LogP contribution in [-0.2, 0) is 0 Å². The van der Waals surface area contributed by atoms with Gasteiger partial charge in [-0.2, -0.15) is 13.2 Å². The van der Waals surface area contributed by atoms with Gasteiger partial charge >= 0.3 is 6.18 Å². The molecule has 2 fully saturated rings. The monoisotopic (exact) mass is 501 g/mol. The first-order chi connectivity index (χ1) is 15.5. The summed E-state index contributed by atoms with van der Waals surface area (Å²) in [6, 6.07) is 6.95. The lowest BCUT2D eigenvalue weighted by Crippen LogP contribution is -2.48. The second-order valence-electron chi connectivity index (χ2n) is 9.30. The Hall–Kier alpha value is -1.70. The smallest absolute Gasteiger partial charge is 0.369 e. The van der Waals surface area contributed by atoms with Crippen LogP contribution < -0.4 is 0 Å². The Balaban J connectivity index is 1.28. The lowest BCUT2D eigenvalue weighted by atomic mass is 9.87. The van der Waals surface area contributed by atoms with Gasteiger partial charge in [-0.1, -0.05) is 17.7 Å². The maximum absolute atomic E-state index is 13.5. The van der Waals surface area contributed by atoms with Crippen LogP contribution in [0, 0.1) is 11.8 Å². The lowest BCUT2D eigenvalue weighted by molar-refractivity contribution is -0.166. The van der Waals surface area contributed by atoms with Crippen LogP contribution in [0.3, 0.4) is 0 Å². The first-order valence-corrected chi connectivity index (χ1v) is 12.0. The van der Waals surface area contributed by atoms with Gasteiger partial charge in [0.2, 0.25) is 0 Å². The Labute approximate surface area is 202 Å². The third-order valence-corrected chi connectivity index (χ3v) is 7.41. The zero-order valence-corrected chi connectivity index (χ0v) is 20.0. The molecule has 0 bridgehead atoms. The van der Waals surface area contributed by atoms with Gasteiger partial charge < -0.3 is 9.80 Å². The average Bonchev–Trinajstić information content (AvgIpc) is 3.22. The van der Waals surface area contributed by atoms with Gasteiger partial charge in [-0.25, -0.2) is 0 Å². The number of rotatable bonds is 4. The van der Waals surface area contributed by atoms with Crippen molar-refractivity contribution in [3.05, 3.63) is 58.8 Å². The second kappa shape index (κ2) is 9.51. The van der Waals surface area contributed by atoms with Gasteiger partial charge in [0.15, 0.2) is 0 Å². The molecule has 1 aliphatic carbocycles. The molecular formula is C24H28Cl2F3N3O. The van der Waals surface area contributed by atoms with Gasteiger partial charge in [0, 0.05) is 62.1 Å². The number of hydrogen-bond acceptors (Lipinski definition) is 3. The highest BCUT2D eigenvalue weighted by atomic mass is 35.5. The minimum Gasteiger partial charge on any atom is -0.369 e. The summed E-state index contributed by atoms with van der Waals surface area (Å²) in [5.41, 5.74) is 1.24. The summed E-state index contributed by atoms with van der Waals surface area (Å²) < 4.78 is 40.4. The van der Waals surface area contributed by atoms with Crippen LogP contribution in [0.5, 0.6) is 0 Å². The predicted molar refractivity (Wildman–Crippen MR) is 125 cm³/mol. The topological polar surface area (TPSA) is 26.8 Å². The predicted octanol–water partition coefficient (Wildman–Crippen LogP) is 5.05. The number of benzene rings is 1. The van der Waals surface area contributed by atoms with Crippen molar-refractivity contribution in [2.45, 2.75) is 24.4 Å². The molecule has 2 heterocycles. The summed E-state index contributed by atoms with van der Waals surface area (Å²) in [7, 11) is 0. The summed E-state index contributed by atoms with van der Waals surface area (Å²) in [4.78, 5) is 17.5. The number of hydrogen-bond donors (Lipinski definition) is 0. The van der Waals surface area contributed by atoms with Crippen molar-refractivity contribution in [2.75, 3.05) is 45.8 Å². The summed E-state index contributed by atoms with van der Waals surface area (Å²) in [5, 5.41) is 0.607. The van der Waals surface area contributed by atoms with E-state index in [1.165, 1.54) is 19.1 Å². The van der Waals surface area contributed by atoms with Crippen molar-refractivity contribution in [3.63, 3.8) is 0 Å². The SMILES string of the molecule is CC1(Cl)C=CC(N2CCN(CC3CCN(C(=O)c4ccc(Cl)cc4)C3)CC2)=CC1C(F)(F)F. The molecule has 2 saturated heterocycles. The lowest BCUT2D eigenvalue weighted by Gasteiger charge is -2.40.